The third-order valence-electron chi connectivity index (χ3n) is 4.73. The zero-order valence-electron chi connectivity index (χ0n) is 14.2. The number of carbonyl (C=O) groups excluding carboxylic acids is 2. The van der Waals surface area contributed by atoms with E-state index < -0.39 is 0 Å². The number of amides is 2. The molecule has 1 fully saturated rings. The van der Waals surface area contributed by atoms with E-state index >= 15 is 0 Å². The number of rotatable bonds is 3. The molecule has 0 radical (unpaired) electrons. The molecule has 0 aliphatic carbocycles. The highest BCUT2D eigenvalue weighted by molar-refractivity contribution is 6.05. The van der Waals surface area contributed by atoms with Crippen molar-refractivity contribution >= 4 is 22.7 Å². The Hall–Kier alpha value is -3.15. The topological polar surface area (TPSA) is 75.4 Å². The largest absolute Gasteiger partial charge is 0.459 e. The molecule has 2 aromatic heterocycles. The monoisotopic (exact) mass is 349 g/mol. The zero-order chi connectivity index (χ0) is 17.9. The number of furan rings is 1. The maximum atomic E-state index is 12.7. The first kappa shape index (κ1) is 16.3. The van der Waals surface area contributed by atoms with Crippen LogP contribution in [0.1, 0.15) is 33.8 Å². The van der Waals surface area contributed by atoms with Crippen molar-refractivity contribution < 1.29 is 14.0 Å². The highest BCUT2D eigenvalue weighted by Crippen LogP contribution is 2.18. The third kappa shape index (κ3) is 3.18. The lowest BCUT2D eigenvalue weighted by molar-refractivity contribution is 0.0667. The molecule has 0 unspecified atom stereocenters. The van der Waals surface area contributed by atoms with Gasteiger partial charge in [0.2, 0.25) is 0 Å². The Morgan fingerprint density at radius 1 is 1.08 bits per heavy atom. The lowest BCUT2D eigenvalue weighted by Crippen LogP contribution is -2.46. The van der Waals surface area contributed by atoms with Gasteiger partial charge in [-0.1, -0.05) is 18.2 Å². The molecule has 1 aliphatic heterocycles. The van der Waals surface area contributed by atoms with Crippen LogP contribution in [0, 0.1) is 0 Å². The number of hydrogen-bond donors (Lipinski definition) is 1. The smallest absolute Gasteiger partial charge is 0.289 e. The Morgan fingerprint density at radius 2 is 1.88 bits per heavy atom. The van der Waals surface area contributed by atoms with Crippen molar-refractivity contribution in [3.05, 3.63) is 66.2 Å². The van der Waals surface area contributed by atoms with E-state index in [1.807, 2.05) is 24.3 Å². The number of piperidine rings is 1. The predicted molar refractivity (Wildman–Crippen MR) is 96.8 cm³/mol. The normalized spacial score (nSPS) is 15.2. The molecule has 0 atom stereocenters. The van der Waals surface area contributed by atoms with Crippen LogP contribution < -0.4 is 5.32 Å². The van der Waals surface area contributed by atoms with E-state index in [1.54, 1.807) is 29.3 Å². The molecule has 0 bridgehead atoms. The fourth-order valence-electron chi connectivity index (χ4n) is 3.33. The molecule has 6 heteroatoms. The molecule has 132 valence electrons. The number of hydrogen-bond acceptors (Lipinski definition) is 4. The van der Waals surface area contributed by atoms with E-state index in [2.05, 4.69) is 10.3 Å². The summed E-state index contributed by atoms with van der Waals surface area (Å²) in [7, 11) is 0. The summed E-state index contributed by atoms with van der Waals surface area (Å²) in [4.78, 5) is 31.1. The van der Waals surface area contributed by atoms with Crippen molar-refractivity contribution in [3.63, 3.8) is 0 Å². The molecule has 3 aromatic rings. The van der Waals surface area contributed by atoms with E-state index in [9.17, 15) is 9.59 Å². The van der Waals surface area contributed by atoms with E-state index in [4.69, 9.17) is 4.42 Å². The van der Waals surface area contributed by atoms with E-state index in [1.165, 1.54) is 6.26 Å². The van der Waals surface area contributed by atoms with Crippen LogP contribution in [0.15, 0.2) is 59.3 Å². The number of nitrogens with one attached hydrogen (secondary N) is 1. The quantitative estimate of drug-likeness (QED) is 0.789. The molecule has 1 N–H and O–H groups in total. The number of nitrogens with zero attached hydrogens (tertiary/aromatic N) is 2. The molecular formula is C20H19N3O3. The minimum atomic E-state index is -0.120. The fourth-order valence-corrected chi connectivity index (χ4v) is 3.33. The third-order valence-corrected chi connectivity index (χ3v) is 4.73. The van der Waals surface area contributed by atoms with Gasteiger partial charge in [0.15, 0.2) is 5.76 Å². The van der Waals surface area contributed by atoms with Crippen molar-refractivity contribution in [2.24, 2.45) is 0 Å². The van der Waals surface area contributed by atoms with Crippen LogP contribution >= 0.6 is 0 Å². The first-order valence-corrected chi connectivity index (χ1v) is 8.70. The van der Waals surface area contributed by atoms with E-state index in [-0.39, 0.29) is 17.9 Å². The van der Waals surface area contributed by atoms with Crippen LogP contribution in [0.5, 0.6) is 0 Å². The predicted octanol–water partition coefficient (Wildman–Crippen LogP) is 2.86. The maximum absolute atomic E-state index is 12.7. The summed E-state index contributed by atoms with van der Waals surface area (Å²) in [5.74, 6) is 0.137. The van der Waals surface area contributed by atoms with Gasteiger partial charge in [-0.05, 0) is 37.1 Å². The molecular weight excluding hydrogens is 330 g/mol. The number of fused-ring (bicyclic) bond motifs is 1. The summed E-state index contributed by atoms with van der Waals surface area (Å²) in [5.41, 5.74) is 1.29. The average Bonchev–Trinajstić information content (AvgIpc) is 3.22. The number of benzene rings is 1. The minimum Gasteiger partial charge on any atom is -0.459 e. The highest BCUT2D eigenvalue weighted by Gasteiger charge is 2.26. The van der Waals surface area contributed by atoms with Gasteiger partial charge in [-0.25, -0.2) is 0 Å². The number of pyridine rings is 1. The molecule has 6 nitrogen and oxygen atoms in total. The van der Waals surface area contributed by atoms with Crippen LogP contribution in [0.3, 0.4) is 0 Å². The second-order valence-corrected chi connectivity index (χ2v) is 6.40. The molecule has 0 saturated carbocycles. The van der Waals surface area contributed by atoms with Crippen LogP contribution in [0.25, 0.3) is 10.9 Å². The van der Waals surface area contributed by atoms with Gasteiger partial charge in [0.25, 0.3) is 11.8 Å². The average molecular weight is 349 g/mol. The van der Waals surface area contributed by atoms with Gasteiger partial charge in [0.1, 0.15) is 0 Å². The molecule has 0 spiro atoms. The van der Waals surface area contributed by atoms with Gasteiger partial charge >= 0.3 is 0 Å². The lowest BCUT2D eigenvalue weighted by atomic mass is 10.0. The first-order chi connectivity index (χ1) is 12.7. The van der Waals surface area contributed by atoms with Crippen molar-refractivity contribution in [2.45, 2.75) is 18.9 Å². The zero-order valence-corrected chi connectivity index (χ0v) is 14.2. The summed E-state index contributed by atoms with van der Waals surface area (Å²) in [5, 5.41) is 4.02. The van der Waals surface area contributed by atoms with Crippen LogP contribution in [-0.2, 0) is 0 Å². The van der Waals surface area contributed by atoms with Crippen molar-refractivity contribution in [2.75, 3.05) is 13.1 Å². The number of likely N-dealkylation sites (tertiary alicyclic amines) is 1. The molecule has 3 heterocycles. The fraction of sp³-hybridized carbons (Fsp3) is 0.250. The Morgan fingerprint density at radius 3 is 2.65 bits per heavy atom. The summed E-state index contributed by atoms with van der Waals surface area (Å²) < 4.78 is 5.17. The van der Waals surface area contributed by atoms with Gasteiger partial charge < -0.3 is 14.6 Å². The number of para-hydroxylation sites is 1. The van der Waals surface area contributed by atoms with Crippen LogP contribution in [-0.4, -0.2) is 40.8 Å². The van der Waals surface area contributed by atoms with Crippen molar-refractivity contribution in [1.29, 1.82) is 0 Å². The van der Waals surface area contributed by atoms with Gasteiger partial charge in [-0.2, -0.15) is 0 Å². The molecule has 4 rings (SSSR count). The Kier molecular flexibility index (Phi) is 4.39. The van der Waals surface area contributed by atoms with Gasteiger partial charge in [-0.3, -0.25) is 14.6 Å². The van der Waals surface area contributed by atoms with Gasteiger partial charge in [-0.15, -0.1) is 0 Å². The SMILES string of the molecule is O=C(NC1CCN(C(=O)c2ccco2)CC1)c1cccc2cccnc12. The van der Waals surface area contributed by atoms with Gasteiger partial charge in [0.05, 0.1) is 17.3 Å². The standard InChI is InChI=1S/C20H19N3O3/c24-19(16-6-1-4-14-5-2-10-21-18(14)16)22-15-8-11-23(12-9-15)20(25)17-7-3-13-26-17/h1-7,10,13,15H,8-9,11-12H2,(H,22,24). The second-order valence-electron chi connectivity index (χ2n) is 6.40. The lowest BCUT2D eigenvalue weighted by Gasteiger charge is -2.31. The van der Waals surface area contributed by atoms with Crippen LogP contribution in [0.2, 0.25) is 0 Å². The molecule has 1 aliphatic rings. The molecule has 2 amide bonds. The molecule has 1 saturated heterocycles. The number of carbonyl (C=O) groups is 2. The Labute approximate surface area is 150 Å². The molecule has 1 aromatic carbocycles. The Balaban J connectivity index is 1.40. The van der Waals surface area contributed by atoms with Crippen LogP contribution in [0.4, 0.5) is 0 Å². The van der Waals surface area contributed by atoms with Crippen molar-refractivity contribution in [1.82, 2.24) is 15.2 Å². The van der Waals surface area contributed by atoms with E-state index in [0.717, 1.165) is 18.2 Å². The van der Waals surface area contributed by atoms with E-state index in [0.29, 0.717) is 29.9 Å². The summed E-state index contributed by atoms with van der Waals surface area (Å²) in [6.07, 6.45) is 4.63. The van der Waals surface area contributed by atoms with Gasteiger partial charge in [0, 0.05) is 30.7 Å². The second kappa shape index (κ2) is 7.00. The minimum absolute atomic E-state index is 0.0436. The summed E-state index contributed by atoms with van der Waals surface area (Å²) >= 11 is 0. The molecule has 26 heavy (non-hydrogen) atoms. The number of aromatic nitrogens is 1. The van der Waals surface area contributed by atoms with Crippen molar-refractivity contribution in [3.8, 4) is 0 Å². The Bertz CT molecular complexity index is 923. The summed E-state index contributed by atoms with van der Waals surface area (Å²) in [6.45, 7) is 1.19. The highest BCUT2D eigenvalue weighted by atomic mass is 16.3. The summed E-state index contributed by atoms with van der Waals surface area (Å²) in [6, 6.07) is 12.8. The maximum Gasteiger partial charge on any atom is 0.289 e. The first-order valence-electron chi connectivity index (χ1n) is 8.70.